The zero-order valence-corrected chi connectivity index (χ0v) is 16.7. The van der Waals surface area contributed by atoms with Crippen molar-refractivity contribution in [2.24, 2.45) is 0 Å². The molecular formula is C24H26N4O. The van der Waals surface area contributed by atoms with Gasteiger partial charge in [-0.05, 0) is 36.9 Å². The average molecular weight is 386 g/mol. The predicted octanol–water partition coefficient (Wildman–Crippen LogP) is 3.81. The van der Waals surface area contributed by atoms with E-state index in [0.717, 1.165) is 44.1 Å². The molecule has 3 aromatic rings. The van der Waals surface area contributed by atoms with Gasteiger partial charge in [0.2, 0.25) is 0 Å². The minimum Gasteiger partial charge on any atom is -0.337 e. The quantitative estimate of drug-likeness (QED) is 0.669. The Balaban J connectivity index is 1.63. The highest BCUT2D eigenvalue weighted by molar-refractivity contribution is 5.93. The first kappa shape index (κ1) is 19.2. The molecule has 1 aliphatic rings. The van der Waals surface area contributed by atoms with Crippen LogP contribution < -0.4 is 4.90 Å². The summed E-state index contributed by atoms with van der Waals surface area (Å²) in [6.45, 7) is 4.00. The lowest BCUT2D eigenvalue weighted by Crippen LogP contribution is -2.47. The Labute approximate surface area is 172 Å². The second-order valence-corrected chi connectivity index (χ2v) is 7.40. The molecule has 0 spiro atoms. The summed E-state index contributed by atoms with van der Waals surface area (Å²) in [5.41, 5.74) is 3.76. The maximum absolute atomic E-state index is 13.0. The number of benzene rings is 2. The molecule has 0 atom stereocenters. The van der Waals surface area contributed by atoms with Crippen molar-refractivity contribution in [2.75, 3.05) is 38.1 Å². The Morgan fingerprint density at radius 1 is 0.897 bits per heavy atom. The van der Waals surface area contributed by atoms with Crippen molar-refractivity contribution in [2.45, 2.75) is 6.54 Å². The van der Waals surface area contributed by atoms with Crippen molar-refractivity contribution in [3.63, 3.8) is 0 Å². The van der Waals surface area contributed by atoms with E-state index < -0.39 is 0 Å². The Morgan fingerprint density at radius 3 is 2.24 bits per heavy atom. The molecule has 1 saturated heterocycles. The highest BCUT2D eigenvalue weighted by Gasteiger charge is 2.22. The van der Waals surface area contributed by atoms with Crippen molar-refractivity contribution in [3.8, 4) is 0 Å². The van der Waals surface area contributed by atoms with E-state index in [1.807, 2.05) is 53.4 Å². The highest BCUT2D eigenvalue weighted by Crippen LogP contribution is 2.28. The molecule has 1 aliphatic heterocycles. The Kier molecular flexibility index (Phi) is 5.86. The number of nitrogens with zero attached hydrogens (tertiary/aromatic N) is 4. The molecule has 0 aliphatic carbocycles. The van der Waals surface area contributed by atoms with Crippen molar-refractivity contribution < 1.29 is 4.79 Å². The molecule has 0 unspecified atom stereocenters. The molecule has 1 amide bonds. The van der Waals surface area contributed by atoms with E-state index in [0.29, 0.717) is 5.69 Å². The molecule has 148 valence electrons. The van der Waals surface area contributed by atoms with E-state index in [1.165, 1.54) is 5.56 Å². The molecule has 5 heteroatoms. The summed E-state index contributed by atoms with van der Waals surface area (Å²) >= 11 is 0. The molecule has 0 radical (unpaired) electrons. The zero-order valence-electron chi connectivity index (χ0n) is 16.7. The number of hydrogen-bond donors (Lipinski definition) is 0. The predicted molar refractivity (Wildman–Crippen MR) is 116 cm³/mol. The first-order valence-corrected chi connectivity index (χ1v) is 10.0. The van der Waals surface area contributed by atoms with Crippen molar-refractivity contribution in [1.82, 2.24) is 14.8 Å². The minimum atomic E-state index is 0.00710. The lowest BCUT2D eigenvalue weighted by Gasteiger charge is -2.32. The molecule has 4 rings (SSSR count). The molecule has 0 saturated carbocycles. The van der Waals surface area contributed by atoms with Crippen molar-refractivity contribution in [1.29, 1.82) is 0 Å². The van der Waals surface area contributed by atoms with E-state index in [9.17, 15) is 4.79 Å². The van der Waals surface area contributed by atoms with E-state index in [4.69, 9.17) is 0 Å². The average Bonchev–Trinajstić information content (AvgIpc) is 2.79. The van der Waals surface area contributed by atoms with E-state index in [2.05, 4.69) is 46.1 Å². The van der Waals surface area contributed by atoms with Crippen molar-refractivity contribution >= 4 is 17.3 Å². The first-order chi connectivity index (χ1) is 14.2. The van der Waals surface area contributed by atoms with Gasteiger partial charge < -0.3 is 14.7 Å². The third kappa shape index (κ3) is 4.63. The van der Waals surface area contributed by atoms with Crippen LogP contribution in [0.1, 0.15) is 16.1 Å². The van der Waals surface area contributed by atoms with Gasteiger partial charge in [0.15, 0.2) is 0 Å². The number of aromatic nitrogens is 1. The largest absolute Gasteiger partial charge is 0.337 e. The number of anilines is 2. The summed E-state index contributed by atoms with van der Waals surface area (Å²) in [4.78, 5) is 23.7. The van der Waals surface area contributed by atoms with Gasteiger partial charge >= 0.3 is 0 Å². The van der Waals surface area contributed by atoms with E-state index in [-0.39, 0.29) is 5.91 Å². The summed E-state index contributed by atoms with van der Waals surface area (Å²) in [6.07, 6.45) is 1.74. The van der Waals surface area contributed by atoms with Crippen LogP contribution in [0.2, 0.25) is 0 Å². The van der Waals surface area contributed by atoms with Gasteiger partial charge in [0.25, 0.3) is 5.91 Å². The van der Waals surface area contributed by atoms with Crippen LogP contribution in [-0.4, -0.2) is 53.9 Å². The van der Waals surface area contributed by atoms with Gasteiger partial charge in [-0.1, -0.05) is 48.5 Å². The third-order valence-electron chi connectivity index (χ3n) is 5.32. The third-order valence-corrected chi connectivity index (χ3v) is 5.32. The summed E-state index contributed by atoms with van der Waals surface area (Å²) in [7, 11) is 2.09. The molecular weight excluding hydrogens is 360 g/mol. The number of rotatable bonds is 5. The smallest absolute Gasteiger partial charge is 0.272 e. The lowest BCUT2D eigenvalue weighted by molar-refractivity contribution is 0.0658. The molecule has 1 aromatic heterocycles. The number of hydrogen-bond acceptors (Lipinski definition) is 4. The van der Waals surface area contributed by atoms with Crippen LogP contribution in [0.4, 0.5) is 11.4 Å². The topological polar surface area (TPSA) is 39.7 Å². The number of piperazine rings is 1. The number of para-hydroxylation sites is 1. The van der Waals surface area contributed by atoms with Crippen LogP contribution in [0.3, 0.4) is 0 Å². The van der Waals surface area contributed by atoms with Gasteiger partial charge in [-0.3, -0.25) is 9.78 Å². The SMILES string of the molecule is CN1CCN(C(=O)c2cc(N(Cc3ccccc3)c3ccccc3)ccn2)CC1. The van der Waals surface area contributed by atoms with E-state index in [1.54, 1.807) is 6.20 Å². The molecule has 2 heterocycles. The van der Waals surface area contributed by atoms with Crippen LogP contribution in [0.25, 0.3) is 0 Å². The van der Waals surface area contributed by atoms with Crippen LogP contribution >= 0.6 is 0 Å². The van der Waals surface area contributed by atoms with E-state index >= 15 is 0 Å². The fourth-order valence-corrected chi connectivity index (χ4v) is 3.58. The molecule has 0 bridgehead atoms. The van der Waals surface area contributed by atoms with Crippen LogP contribution in [-0.2, 0) is 6.54 Å². The lowest BCUT2D eigenvalue weighted by atomic mass is 10.1. The van der Waals surface area contributed by atoms with Crippen molar-refractivity contribution in [3.05, 3.63) is 90.3 Å². The highest BCUT2D eigenvalue weighted by atomic mass is 16.2. The monoisotopic (exact) mass is 386 g/mol. The summed E-state index contributed by atoms with van der Waals surface area (Å²) in [5.74, 6) is 0.00710. The number of pyridine rings is 1. The van der Waals surface area contributed by atoms with Crippen LogP contribution in [0.5, 0.6) is 0 Å². The molecule has 1 fully saturated rings. The van der Waals surface area contributed by atoms with Gasteiger partial charge in [0, 0.05) is 50.3 Å². The number of likely N-dealkylation sites (N-methyl/N-ethyl adjacent to an activating group) is 1. The maximum Gasteiger partial charge on any atom is 0.272 e. The van der Waals surface area contributed by atoms with Gasteiger partial charge in [-0.2, -0.15) is 0 Å². The summed E-state index contributed by atoms with van der Waals surface area (Å²) < 4.78 is 0. The van der Waals surface area contributed by atoms with Gasteiger partial charge in [-0.25, -0.2) is 0 Å². The Morgan fingerprint density at radius 2 is 1.55 bits per heavy atom. The fourth-order valence-electron chi connectivity index (χ4n) is 3.58. The number of carbonyl (C=O) groups excluding carboxylic acids is 1. The van der Waals surface area contributed by atoms with Crippen LogP contribution in [0.15, 0.2) is 79.0 Å². The summed E-state index contributed by atoms with van der Waals surface area (Å²) in [6, 6.07) is 24.5. The first-order valence-electron chi connectivity index (χ1n) is 10.0. The number of amides is 1. The summed E-state index contributed by atoms with van der Waals surface area (Å²) in [5, 5.41) is 0. The molecule has 5 nitrogen and oxygen atoms in total. The van der Waals surface area contributed by atoms with Gasteiger partial charge in [-0.15, -0.1) is 0 Å². The zero-order chi connectivity index (χ0) is 20.1. The standard InChI is InChI=1S/C24H26N4O/c1-26-14-16-27(17-15-26)24(29)23-18-22(12-13-25-23)28(21-10-6-3-7-11-21)19-20-8-4-2-5-9-20/h2-13,18H,14-17,19H2,1H3. The minimum absolute atomic E-state index is 0.00710. The Hall–Kier alpha value is -3.18. The second-order valence-electron chi connectivity index (χ2n) is 7.40. The second kappa shape index (κ2) is 8.88. The molecule has 29 heavy (non-hydrogen) atoms. The molecule has 0 N–H and O–H groups in total. The van der Waals surface area contributed by atoms with Crippen LogP contribution in [0, 0.1) is 0 Å². The van der Waals surface area contributed by atoms with Gasteiger partial charge in [0.1, 0.15) is 5.69 Å². The van der Waals surface area contributed by atoms with Gasteiger partial charge in [0.05, 0.1) is 0 Å². The number of carbonyl (C=O) groups is 1. The fraction of sp³-hybridized carbons (Fsp3) is 0.250. The Bertz CT molecular complexity index is 937. The molecule has 2 aromatic carbocycles. The maximum atomic E-state index is 13.0. The normalized spacial score (nSPS) is 14.6.